The van der Waals surface area contributed by atoms with Crippen LogP contribution in [0.1, 0.15) is 71.3 Å². The molecule has 3 heteroatoms. The zero-order valence-electron chi connectivity index (χ0n) is 14.5. The van der Waals surface area contributed by atoms with Crippen molar-refractivity contribution in [1.82, 2.24) is 0 Å². The summed E-state index contributed by atoms with van der Waals surface area (Å²) >= 11 is 0. The Morgan fingerprint density at radius 3 is 2.09 bits per heavy atom. The van der Waals surface area contributed by atoms with Crippen molar-refractivity contribution in [2.45, 2.75) is 82.7 Å². The van der Waals surface area contributed by atoms with Gasteiger partial charge in [0, 0.05) is 5.82 Å². The maximum atomic E-state index is 6.39. The van der Waals surface area contributed by atoms with E-state index in [-0.39, 0.29) is 18.3 Å². The molecule has 120 valence electrons. The molecule has 2 nitrogen and oxygen atoms in total. The zero-order valence-corrected chi connectivity index (χ0v) is 14.5. The van der Waals surface area contributed by atoms with E-state index in [4.69, 9.17) is 9.31 Å². The second-order valence-corrected chi connectivity index (χ2v) is 7.94. The smallest absolute Gasteiger partial charge is 0.403 e. The van der Waals surface area contributed by atoms with Crippen LogP contribution in [-0.4, -0.2) is 18.3 Å². The summed E-state index contributed by atoms with van der Waals surface area (Å²) in [6.07, 6.45) is 6.39. The van der Waals surface area contributed by atoms with Crippen molar-refractivity contribution in [2.75, 3.05) is 0 Å². The van der Waals surface area contributed by atoms with E-state index in [1.807, 2.05) is 0 Å². The monoisotopic (exact) mass is 300 g/mol. The molecular formula is C19H29BO2. The van der Waals surface area contributed by atoms with Crippen LogP contribution in [-0.2, 0) is 9.31 Å². The van der Waals surface area contributed by atoms with Crippen LogP contribution in [0.4, 0.5) is 0 Å². The normalized spacial score (nSPS) is 31.0. The first-order chi connectivity index (χ1) is 10.4. The molecule has 1 aromatic rings. The predicted octanol–water partition coefficient (Wildman–Crippen LogP) is 5.20. The lowest BCUT2D eigenvalue weighted by Crippen LogP contribution is -2.41. The molecular weight excluding hydrogens is 271 g/mol. The number of rotatable bonds is 2. The summed E-state index contributed by atoms with van der Waals surface area (Å²) in [6, 6.07) is 11.0. The van der Waals surface area contributed by atoms with Crippen molar-refractivity contribution >= 4 is 7.12 Å². The Labute approximate surface area is 135 Å². The molecule has 0 N–H and O–H groups in total. The first kappa shape index (κ1) is 16.1. The molecule has 2 atom stereocenters. The van der Waals surface area contributed by atoms with Crippen LogP contribution in [0.2, 0.25) is 5.82 Å². The minimum Gasteiger partial charge on any atom is -0.403 e. The van der Waals surface area contributed by atoms with Crippen molar-refractivity contribution in [3.63, 3.8) is 0 Å². The molecule has 1 aromatic carbocycles. The quantitative estimate of drug-likeness (QED) is 0.552. The van der Waals surface area contributed by atoms with E-state index in [9.17, 15) is 0 Å². The number of benzene rings is 1. The molecule has 0 bridgehead atoms. The molecule has 1 aliphatic heterocycles. The van der Waals surface area contributed by atoms with Gasteiger partial charge in [0.2, 0.25) is 0 Å². The van der Waals surface area contributed by atoms with Gasteiger partial charge >= 0.3 is 7.12 Å². The van der Waals surface area contributed by atoms with E-state index in [0.717, 1.165) is 0 Å². The van der Waals surface area contributed by atoms with Gasteiger partial charge in [-0.1, -0.05) is 56.0 Å². The summed E-state index contributed by atoms with van der Waals surface area (Å²) < 4.78 is 12.8. The molecule has 1 heterocycles. The van der Waals surface area contributed by atoms with Crippen molar-refractivity contribution < 1.29 is 9.31 Å². The molecule has 0 radical (unpaired) electrons. The summed E-state index contributed by atoms with van der Waals surface area (Å²) in [5.41, 5.74) is 0.986. The van der Waals surface area contributed by atoms with Crippen LogP contribution >= 0.6 is 0 Å². The molecule has 1 aliphatic carbocycles. The van der Waals surface area contributed by atoms with Gasteiger partial charge in [0.05, 0.1) is 11.2 Å². The van der Waals surface area contributed by atoms with Crippen molar-refractivity contribution in [2.24, 2.45) is 0 Å². The first-order valence-corrected chi connectivity index (χ1v) is 8.81. The van der Waals surface area contributed by atoms with Crippen molar-refractivity contribution in [3.8, 4) is 0 Å². The van der Waals surface area contributed by atoms with Gasteiger partial charge in [0.25, 0.3) is 0 Å². The first-order valence-electron chi connectivity index (χ1n) is 8.81. The Bertz CT molecular complexity index is 481. The lowest BCUT2D eigenvalue weighted by molar-refractivity contribution is 0.00578. The summed E-state index contributed by atoms with van der Waals surface area (Å²) in [4.78, 5) is 0. The largest absolute Gasteiger partial charge is 0.461 e. The highest BCUT2D eigenvalue weighted by atomic mass is 16.7. The van der Waals surface area contributed by atoms with Gasteiger partial charge in [0.15, 0.2) is 0 Å². The van der Waals surface area contributed by atoms with Crippen LogP contribution in [0.5, 0.6) is 0 Å². The molecule has 22 heavy (non-hydrogen) atoms. The van der Waals surface area contributed by atoms with Gasteiger partial charge in [-0.2, -0.15) is 0 Å². The highest BCUT2D eigenvalue weighted by molar-refractivity contribution is 6.47. The Balaban J connectivity index is 1.86. The molecule has 0 spiro atoms. The van der Waals surface area contributed by atoms with Gasteiger partial charge < -0.3 is 9.31 Å². The standard InChI is InChI=1S/C19H29BO2/c1-18(2)19(3,4)22-20(21-18)17-14-10-6-9-13-16(17)15-11-7-5-8-12-15/h5,7-8,11-12,16-17H,6,9-10,13-14H2,1-4H3/t16-,17-/m1/s1. The Kier molecular flexibility index (Phi) is 4.39. The van der Waals surface area contributed by atoms with Crippen LogP contribution in [0.15, 0.2) is 30.3 Å². The molecule has 0 aromatic heterocycles. The second-order valence-electron chi connectivity index (χ2n) is 7.94. The lowest BCUT2D eigenvalue weighted by atomic mass is 9.61. The SMILES string of the molecule is CC1(C)OB([C@@H]2CCCCC[C@@H]2c2ccccc2)OC1(C)C. The second kappa shape index (κ2) is 6.01. The van der Waals surface area contributed by atoms with Gasteiger partial charge in [-0.05, 0) is 45.6 Å². The highest BCUT2D eigenvalue weighted by Gasteiger charge is 2.54. The maximum absolute atomic E-state index is 6.39. The molecule has 0 unspecified atom stereocenters. The number of hydrogen-bond acceptors (Lipinski definition) is 2. The average Bonchev–Trinajstić information content (AvgIpc) is 2.65. The molecule has 0 amide bonds. The van der Waals surface area contributed by atoms with E-state index in [1.165, 1.54) is 37.7 Å². The third kappa shape index (κ3) is 2.98. The maximum Gasteiger partial charge on any atom is 0.461 e. The van der Waals surface area contributed by atoms with E-state index in [0.29, 0.717) is 11.7 Å². The minimum atomic E-state index is -0.231. The van der Waals surface area contributed by atoms with E-state index in [1.54, 1.807) is 0 Å². The van der Waals surface area contributed by atoms with E-state index < -0.39 is 0 Å². The Morgan fingerprint density at radius 2 is 1.45 bits per heavy atom. The van der Waals surface area contributed by atoms with Crippen LogP contribution in [0.25, 0.3) is 0 Å². The Morgan fingerprint density at radius 1 is 0.864 bits per heavy atom. The van der Waals surface area contributed by atoms with Gasteiger partial charge in [-0.25, -0.2) is 0 Å². The fourth-order valence-electron chi connectivity index (χ4n) is 3.84. The summed E-state index contributed by atoms with van der Waals surface area (Å²) in [5, 5.41) is 0. The minimum absolute atomic E-state index is 0.0756. The van der Waals surface area contributed by atoms with Crippen molar-refractivity contribution in [1.29, 1.82) is 0 Å². The van der Waals surface area contributed by atoms with E-state index >= 15 is 0 Å². The predicted molar refractivity (Wildman–Crippen MR) is 92.1 cm³/mol. The molecule has 3 rings (SSSR count). The van der Waals surface area contributed by atoms with E-state index in [2.05, 4.69) is 58.0 Å². The summed E-state index contributed by atoms with van der Waals surface area (Å²) in [5.74, 6) is 1.02. The lowest BCUT2D eigenvalue weighted by Gasteiger charge is -2.32. The summed E-state index contributed by atoms with van der Waals surface area (Å²) in [7, 11) is -0.0756. The van der Waals surface area contributed by atoms with Crippen LogP contribution < -0.4 is 0 Å². The van der Waals surface area contributed by atoms with Crippen LogP contribution in [0, 0.1) is 0 Å². The number of hydrogen-bond donors (Lipinski definition) is 0. The molecule has 2 aliphatic rings. The van der Waals surface area contributed by atoms with Gasteiger partial charge in [0.1, 0.15) is 0 Å². The van der Waals surface area contributed by atoms with Crippen LogP contribution in [0.3, 0.4) is 0 Å². The summed E-state index contributed by atoms with van der Waals surface area (Å²) in [6.45, 7) is 8.62. The zero-order chi connectivity index (χ0) is 15.8. The van der Waals surface area contributed by atoms with Gasteiger partial charge in [-0.15, -0.1) is 0 Å². The fraction of sp³-hybridized carbons (Fsp3) is 0.684. The third-order valence-electron chi connectivity index (χ3n) is 5.92. The van der Waals surface area contributed by atoms with Gasteiger partial charge in [-0.3, -0.25) is 0 Å². The molecule has 1 saturated carbocycles. The molecule has 1 saturated heterocycles. The average molecular weight is 300 g/mol. The topological polar surface area (TPSA) is 18.5 Å². The third-order valence-corrected chi connectivity index (χ3v) is 5.92. The Hall–Kier alpha value is -0.795. The fourth-order valence-corrected chi connectivity index (χ4v) is 3.84. The molecule has 2 fully saturated rings. The highest BCUT2D eigenvalue weighted by Crippen LogP contribution is 2.48. The van der Waals surface area contributed by atoms with Crippen molar-refractivity contribution in [3.05, 3.63) is 35.9 Å².